The second-order valence-corrected chi connectivity index (χ2v) is 8.25. The van der Waals surface area contributed by atoms with Gasteiger partial charge in [0.25, 0.3) is 0 Å². The van der Waals surface area contributed by atoms with Crippen LogP contribution in [-0.2, 0) is 17.6 Å². The highest BCUT2D eigenvalue weighted by Gasteiger charge is 2.35. The van der Waals surface area contributed by atoms with E-state index in [1.807, 2.05) is 24.0 Å². The molecule has 0 radical (unpaired) electrons. The number of anilines is 1. The van der Waals surface area contributed by atoms with Gasteiger partial charge in [-0.2, -0.15) is 0 Å². The Bertz CT molecular complexity index is 947. The minimum Gasteiger partial charge on any atom is -0.481 e. The molecule has 1 atom stereocenters. The summed E-state index contributed by atoms with van der Waals surface area (Å²) in [6.07, 6.45) is 5.39. The fourth-order valence-electron chi connectivity index (χ4n) is 4.31. The lowest BCUT2D eigenvalue weighted by Gasteiger charge is -2.27. The minimum absolute atomic E-state index is 0.105. The number of pyridine rings is 2. The second-order valence-electron chi connectivity index (χ2n) is 8.25. The number of nitrogens with one attached hydrogen (secondary N) is 1. The van der Waals surface area contributed by atoms with E-state index in [1.54, 1.807) is 11.1 Å². The first kappa shape index (κ1) is 21.1. The van der Waals surface area contributed by atoms with E-state index in [0.717, 1.165) is 55.0 Å². The first-order chi connectivity index (χ1) is 15.0. The molecule has 0 spiro atoms. The number of fused-ring (bicyclic) bond motifs is 1. The van der Waals surface area contributed by atoms with Gasteiger partial charge in [0.05, 0.1) is 12.5 Å². The first-order valence-electron chi connectivity index (χ1n) is 10.9. The number of urea groups is 1. The largest absolute Gasteiger partial charge is 0.481 e. The van der Waals surface area contributed by atoms with Gasteiger partial charge >= 0.3 is 12.0 Å². The summed E-state index contributed by atoms with van der Waals surface area (Å²) in [5.41, 5.74) is 3.92. The number of carbonyl (C=O) groups excluding carboxylic acids is 1. The van der Waals surface area contributed by atoms with Crippen LogP contribution >= 0.6 is 0 Å². The summed E-state index contributed by atoms with van der Waals surface area (Å²) in [6, 6.07) is 7.34. The molecular formula is C23H29N5O3. The normalized spacial score (nSPS) is 16.7. The summed E-state index contributed by atoms with van der Waals surface area (Å²) in [5, 5.41) is 12.7. The van der Waals surface area contributed by atoms with Gasteiger partial charge < -0.3 is 20.2 Å². The van der Waals surface area contributed by atoms with Crippen molar-refractivity contribution >= 4 is 17.8 Å². The van der Waals surface area contributed by atoms with Crippen molar-refractivity contribution in [1.82, 2.24) is 19.8 Å². The number of aliphatic carboxylic acids is 1. The van der Waals surface area contributed by atoms with Gasteiger partial charge in [-0.1, -0.05) is 12.1 Å². The van der Waals surface area contributed by atoms with Crippen LogP contribution in [0.15, 0.2) is 30.5 Å². The second kappa shape index (κ2) is 9.32. The number of carboxylic acid groups (broad SMARTS) is 1. The fourth-order valence-corrected chi connectivity index (χ4v) is 4.31. The number of hydrogen-bond acceptors (Lipinski definition) is 5. The molecule has 0 saturated carbocycles. The van der Waals surface area contributed by atoms with E-state index in [0.29, 0.717) is 19.6 Å². The molecule has 0 unspecified atom stereocenters. The lowest BCUT2D eigenvalue weighted by molar-refractivity contribution is -0.138. The Hall–Kier alpha value is -3.16. The maximum absolute atomic E-state index is 13.0. The van der Waals surface area contributed by atoms with E-state index in [-0.39, 0.29) is 12.5 Å². The summed E-state index contributed by atoms with van der Waals surface area (Å²) >= 11 is 0. The van der Waals surface area contributed by atoms with E-state index >= 15 is 0 Å². The van der Waals surface area contributed by atoms with Crippen molar-refractivity contribution in [3.05, 3.63) is 53.0 Å². The van der Waals surface area contributed by atoms with Crippen molar-refractivity contribution < 1.29 is 14.7 Å². The Morgan fingerprint density at radius 2 is 2.13 bits per heavy atom. The molecule has 2 aliphatic heterocycles. The van der Waals surface area contributed by atoms with Crippen LogP contribution in [0, 0.1) is 6.92 Å². The molecule has 31 heavy (non-hydrogen) atoms. The highest BCUT2D eigenvalue weighted by molar-refractivity contribution is 5.78. The molecule has 2 amide bonds. The van der Waals surface area contributed by atoms with Gasteiger partial charge in [-0.25, -0.2) is 9.78 Å². The summed E-state index contributed by atoms with van der Waals surface area (Å²) in [7, 11) is 0. The van der Waals surface area contributed by atoms with Gasteiger partial charge in [-0.05, 0) is 55.9 Å². The molecule has 164 valence electrons. The van der Waals surface area contributed by atoms with Crippen molar-refractivity contribution in [2.24, 2.45) is 0 Å². The molecule has 0 bridgehead atoms. The van der Waals surface area contributed by atoms with Gasteiger partial charge in [0, 0.05) is 43.8 Å². The third kappa shape index (κ3) is 4.95. The highest BCUT2D eigenvalue weighted by Crippen LogP contribution is 2.28. The van der Waals surface area contributed by atoms with Crippen LogP contribution < -0.4 is 5.32 Å². The molecule has 8 nitrogen and oxygen atoms in total. The van der Waals surface area contributed by atoms with Crippen LogP contribution in [0.2, 0.25) is 0 Å². The standard InChI is InChI=1S/C23H29N5O3/c1-16-6-7-18(15-25-16)20(14-21(29)30)28-13-12-27(23(28)31)11-3-5-19-9-8-17-4-2-10-24-22(17)26-19/h6-9,15,20H,2-5,10-14H2,1H3,(H,24,26)(H,29,30)/t20-/m0/s1. The molecule has 0 aromatic carbocycles. The van der Waals surface area contributed by atoms with Crippen LogP contribution in [0.3, 0.4) is 0 Å². The molecule has 0 aliphatic carbocycles. The van der Waals surface area contributed by atoms with E-state index in [1.165, 1.54) is 5.56 Å². The average Bonchev–Trinajstić information content (AvgIpc) is 3.13. The zero-order valence-corrected chi connectivity index (χ0v) is 17.9. The SMILES string of the molecule is Cc1ccc([C@H](CC(=O)O)N2CCN(CCCc3ccc4c(n3)NCCC4)C2=O)cn1. The van der Waals surface area contributed by atoms with Crippen LogP contribution in [0.25, 0.3) is 0 Å². The van der Waals surface area contributed by atoms with Crippen molar-refractivity contribution in [1.29, 1.82) is 0 Å². The number of aryl methyl sites for hydroxylation is 3. The van der Waals surface area contributed by atoms with Gasteiger partial charge in [-0.3, -0.25) is 9.78 Å². The minimum atomic E-state index is -0.927. The predicted molar refractivity (Wildman–Crippen MR) is 117 cm³/mol. The maximum Gasteiger partial charge on any atom is 0.320 e. The molecule has 1 saturated heterocycles. The highest BCUT2D eigenvalue weighted by atomic mass is 16.4. The van der Waals surface area contributed by atoms with Gasteiger partial charge in [0.2, 0.25) is 0 Å². The molecule has 2 aromatic rings. The summed E-state index contributed by atoms with van der Waals surface area (Å²) in [4.78, 5) is 36.9. The number of amides is 2. The molecule has 2 aromatic heterocycles. The van der Waals surface area contributed by atoms with Crippen molar-refractivity contribution in [2.45, 2.75) is 45.1 Å². The van der Waals surface area contributed by atoms with Gasteiger partial charge in [0.1, 0.15) is 5.82 Å². The molecular weight excluding hydrogens is 394 g/mol. The number of carbonyl (C=O) groups is 2. The lowest BCUT2D eigenvalue weighted by atomic mass is 10.0. The number of hydrogen-bond donors (Lipinski definition) is 2. The quantitative estimate of drug-likeness (QED) is 0.677. The molecule has 2 aliphatic rings. The van der Waals surface area contributed by atoms with Crippen LogP contribution in [-0.4, -0.2) is 63.1 Å². The molecule has 4 heterocycles. The Morgan fingerprint density at radius 3 is 2.90 bits per heavy atom. The number of rotatable bonds is 8. The van der Waals surface area contributed by atoms with Crippen molar-refractivity contribution in [3.63, 3.8) is 0 Å². The molecule has 2 N–H and O–H groups in total. The Labute approximate surface area is 182 Å². The third-order valence-electron chi connectivity index (χ3n) is 6.00. The van der Waals surface area contributed by atoms with Crippen molar-refractivity contribution in [2.75, 3.05) is 31.5 Å². The summed E-state index contributed by atoms with van der Waals surface area (Å²) in [5.74, 6) is 0.0688. The number of nitrogens with zero attached hydrogens (tertiary/aromatic N) is 4. The smallest absolute Gasteiger partial charge is 0.320 e. The Kier molecular flexibility index (Phi) is 6.34. The zero-order valence-electron chi connectivity index (χ0n) is 17.9. The van der Waals surface area contributed by atoms with Crippen LogP contribution in [0.5, 0.6) is 0 Å². The first-order valence-corrected chi connectivity index (χ1v) is 10.9. The monoisotopic (exact) mass is 423 g/mol. The molecule has 1 fully saturated rings. The Morgan fingerprint density at radius 1 is 1.26 bits per heavy atom. The van der Waals surface area contributed by atoms with Crippen LogP contribution in [0.1, 0.15) is 47.8 Å². The Balaban J connectivity index is 1.36. The van der Waals surface area contributed by atoms with E-state index < -0.39 is 12.0 Å². The topological polar surface area (TPSA) is 98.7 Å². The lowest BCUT2D eigenvalue weighted by Crippen LogP contribution is -2.36. The predicted octanol–water partition coefficient (Wildman–Crippen LogP) is 3.03. The van der Waals surface area contributed by atoms with E-state index in [4.69, 9.17) is 4.98 Å². The number of carboxylic acids is 1. The zero-order chi connectivity index (χ0) is 21.8. The van der Waals surface area contributed by atoms with E-state index in [9.17, 15) is 14.7 Å². The molecule has 4 rings (SSSR count). The number of aromatic nitrogens is 2. The maximum atomic E-state index is 13.0. The molecule has 8 heteroatoms. The average molecular weight is 424 g/mol. The summed E-state index contributed by atoms with van der Waals surface area (Å²) in [6.45, 7) is 4.61. The van der Waals surface area contributed by atoms with Crippen molar-refractivity contribution in [3.8, 4) is 0 Å². The van der Waals surface area contributed by atoms with E-state index in [2.05, 4.69) is 22.4 Å². The van der Waals surface area contributed by atoms with Gasteiger partial charge in [-0.15, -0.1) is 0 Å². The van der Waals surface area contributed by atoms with Crippen LogP contribution in [0.4, 0.5) is 10.6 Å². The fraction of sp³-hybridized carbons (Fsp3) is 0.478. The van der Waals surface area contributed by atoms with Gasteiger partial charge in [0.15, 0.2) is 0 Å². The summed E-state index contributed by atoms with van der Waals surface area (Å²) < 4.78 is 0. The third-order valence-corrected chi connectivity index (χ3v) is 6.00.